The molecule has 1 aliphatic rings. The summed E-state index contributed by atoms with van der Waals surface area (Å²) in [4.78, 5) is 21.4. The van der Waals surface area contributed by atoms with E-state index in [9.17, 15) is 4.79 Å². The molecule has 1 amide bonds. The summed E-state index contributed by atoms with van der Waals surface area (Å²) in [5, 5.41) is 0.762. The molecule has 1 aromatic heterocycles. The third kappa shape index (κ3) is 3.70. The highest BCUT2D eigenvalue weighted by molar-refractivity contribution is 6.30. The van der Waals surface area contributed by atoms with E-state index in [4.69, 9.17) is 17.3 Å². The number of anilines is 2. The van der Waals surface area contributed by atoms with Crippen molar-refractivity contribution in [2.24, 2.45) is 5.73 Å². The van der Waals surface area contributed by atoms with Crippen molar-refractivity contribution in [3.8, 4) is 11.4 Å². The van der Waals surface area contributed by atoms with E-state index in [1.54, 1.807) is 0 Å². The highest BCUT2D eigenvalue weighted by Gasteiger charge is 2.19. The van der Waals surface area contributed by atoms with Gasteiger partial charge in [0.2, 0.25) is 0 Å². The fraction of sp³-hybridized carbons (Fsp3) is 0.167. The van der Waals surface area contributed by atoms with E-state index in [0.717, 1.165) is 53.7 Å². The quantitative estimate of drug-likeness (QED) is 0.514. The van der Waals surface area contributed by atoms with Gasteiger partial charge in [0.05, 0.1) is 11.0 Å². The monoisotopic (exact) mass is 431 g/mol. The van der Waals surface area contributed by atoms with Crippen LogP contribution in [0.15, 0.2) is 72.8 Å². The van der Waals surface area contributed by atoms with E-state index < -0.39 is 6.03 Å². The number of amides is 1. The number of piperazine rings is 1. The van der Waals surface area contributed by atoms with E-state index in [2.05, 4.69) is 33.0 Å². The highest BCUT2D eigenvalue weighted by Crippen LogP contribution is 2.28. The number of hydrogen-bond acceptors (Lipinski definition) is 4. The van der Waals surface area contributed by atoms with Crippen LogP contribution in [0, 0.1) is 0 Å². The third-order valence-electron chi connectivity index (χ3n) is 5.72. The van der Waals surface area contributed by atoms with Crippen LogP contribution >= 0.6 is 11.6 Å². The third-order valence-corrected chi connectivity index (χ3v) is 5.96. The number of rotatable bonds is 3. The smallest absolute Gasteiger partial charge is 0.325 e. The van der Waals surface area contributed by atoms with Crippen LogP contribution in [0.5, 0.6) is 0 Å². The minimum atomic E-state index is -0.537. The summed E-state index contributed by atoms with van der Waals surface area (Å²) in [6.07, 6.45) is 0. The molecule has 0 radical (unpaired) electrons. The molecule has 7 heteroatoms. The Bertz CT molecular complexity index is 1240. The first-order chi connectivity index (χ1) is 15.1. The van der Waals surface area contributed by atoms with E-state index in [-0.39, 0.29) is 0 Å². The maximum Gasteiger partial charge on any atom is 0.325 e. The Morgan fingerprint density at radius 2 is 1.52 bits per heavy atom. The van der Waals surface area contributed by atoms with Crippen LogP contribution in [0.4, 0.5) is 16.2 Å². The second-order valence-corrected chi connectivity index (χ2v) is 8.04. The summed E-state index contributed by atoms with van der Waals surface area (Å²) in [7, 11) is 0. The van der Waals surface area contributed by atoms with Crippen molar-refractivity contribution in [3.05, 3.63) is 77.8 Å². The van der Waals surface area contributed by atoms with E-state index >= 15 is 0 Å². The summed E-state index contributed by atoms with van der Waals surface area (Å²) in [6, 6.07) is 23.1. The second kappa shape index (κ2) is 7.96. The van der Waals surface area contributed by atoms with Gasteiger partial charge in [-0.15, -0.1) is 0 Å². The summed E-state index contributed by atoms with van der Waals surface area (Å²) >= 11 is 6.14. The van der Waals surface area contributed by atoms with Gasteiger partial charge in [-0.1, -0.05) is 29.8 Å². The number of primary amides is 1. The fourth-order valence-electron chi connectivity index (χ4n) is 4.16. The molecule has 0 bridgehead atoms. The van der Waals surface area contributed by atoms with Gasteiger partial charge in [0, 0.05) is 48.1 Å². The van der Waals surface area contributed by atoms with Crippen LogP contribution < -0.4 is 15.5 Å². The Labute approximate surface area is 185 Å². The van der Waals surface area contributed by atoms with Crippen LogP contribution in [-0.2, 0) is 0 Å². The van der Waals surface area contributed by atoms with Gasteiger partial charge >= 0.3 is 6.03 Å². The maximum atomic E-state index is 12.1. The molecule has 6 nitrogen and oxygen atoms in total. The number of nitrogens with zero attached hydrogens (tertiary/aromatic N) is 4. The van der Waals surface area contributed by atoms with Crippen molar-refractivity contribution in [1.82, 2.24) is 9.55 Å². The lowest BCUT2D eigenvalue weighted by molar-refractivity contribution is 0.251. The molecule has 31 heavy (non-hydrogen) atoms. The average Bonchev–Trinajstić information content (AvgIpc) is 3.19. The largest absolute Gasteiger partial charge is 0.368 e. The van der Waals surface area contributed by atoms with Gasteiger partial charge in [0.15, 0.2) is 0 Å². The van der Waals surface area contributed by atoms with Gasteiger partial charge in [0.1, 0.15) is 5.82 Å². The van der Waals surface area contributed by atoms with Crippen LogP contribution in [-0.4, -0.2) is 41.8 Å². The number of hydrogen-bond donors (Lipinski definition) is 1. The van der Waals surface area contributed by atoms with Crippen molar-refractivity contribution in [2.75, 3.05) is 36.0 Å². The summed E-state index contributed by atoms with van der Waals surface area (Å²) in [6.45, 7) is 3.70. The average molecular weight is 432 g/mol. The van der Waals surface area contributed by atoms with Crippen molar-refractivity contribution in [3.63, 3.8) is 0 Å². The molecule has 156 valence electrons. The molecule has 4 aromatic rings. The minimum absolute atomic E-state index is 0.537. The predicted octanol–water partition coefficient (Wildman–Crippen LogP) is 4.61. The van der Waals surface area contributed by atoms with E-state index in [0.29, 0.717) is 11.3 Å². The zero-order chi connectivity index (χ0) is 21.4. The number of halogens is 1. The van der Waals surface area contributed by atoms with Crippen molar-refractivity contribution in [1.29, 1.82) is 0 Å². The maximum absolute atomic E-state index is 12.1. The Morgan fingerprint density at radius 3 is 2.19 bits per heavy atom. The molecule has 0 atom stereocenters. The van der Waals surface area contributed by atoms with E-state index in [1.807, 2.05) is 54.6 Å². The fourth-order valence-corrected chi connectivity index (χ4v) is 4.34. The molecule has 3 aromatic carbocycles. The Hall–Kier alpha value is -3.51. The number of aromatic nitrogens is 2. The van der Waals surface area contributed by atoms with Crippen LogP contribution in [0.1, 0.15) is 0 Å². The standard InChI is InChI=1S/C24H22ClN5O/c25-18-4-3-5-20(16-18)29-14-12-28(13-15-29)19-10-8-17(9-11-19)23-27-21-6-1-2-7-22(21)30(23)24(26)31/h1-11,16H,12-15H2,(H2,26,31). The molecule has 0 unspecified atom stereocenters. The van der Waals surface area contributed by atoms with Gasteiger partial charge in [-0.25, -0.2) is 14.3 Å². The molecule has 2 heterocycles. The number of para-hydroxylation sites is 2. The van der Waals surface area contributed by atoms with Gasteiger partial charge in [-0.2, -0.15) is 0 Å². The number of carbonyl (C=O) groups excluding carboxylic acids is 1. The van der Waals surface area contributed by atoms with Crippen molar-refractivity contribution >= 4 is 40.0 Å². The van der Waals surface area contributed by atoms with Crippen molar-refractivity contribution in [2.45, 2.75) is 0 Å². The summed E-state index contributed by atoms with van der Waals surface area (Å²) in [5.74, 6) is 0.561. The van der Waals surface area contributed by atoms with Gasteiger partial charge < -0.3 is 15.5 Å². The number of nitrogens with two attached hydrogens (primary N) is 1. The Morgan fingerprint density at radius 1 is 0.839 bits per heavy atom. The number of carbonyl (C=O) groups is 1. The predicted molar refractivity (Wildman–Crippen MR) is 126 cm³/mol. The van der Waals surface area contributed by atoms with Crippen molar-refractivity contribution < 1.29 is 4.79 Å². The van der Waals surface area contributed by atoms with Gasteiger partial charge in [-0.05, 0) is 54.6 Å². The lowest BCUT2D eigenvalue weighted by atomic mass is 10.1. The zero-order valence-corrected chi connectivity index (χ0v) is 17.7. The molecule has 2 N–H and O–H groups in total. The molecule has 1 aliphatic heterocycles. The SMILES string of the molecule is NC(=O)n1c(-c2ccc(N3CCN(c4cccc(Cl)c4)CC3)cc2)nc2ccccc21. The molecular weight excluding hydrogens is 410 g/mol. The van der Waals surface area contributed by atoms with Crippen LogP contribution in [0.3, 0.4) is 0 Å². The van der Waals surface area contributed by atoms with Crippen LogP contribution in [0.25, 0.3) is 22.4 Å². The molecule has 0 spiro atoms. The molecule has 1 saturated heterocycles. The first kappa shape index (κ1) is 19.5. The molecule has 1 fully saturated rings. The topological polar surface area (TPSA) is 67.4 Å². The number of fused-ring (bicyclic) bond motifs is 1. The molecule has 5 rings (SSSR count). The summed E-state index contributed by atoms with van der Waals surface area (Å²) in [5.41, 5.74) is 10.3. The first-order valence-corrected chi connectivity index (χ1v) is 10.6. The first-order valence-electron chi connectivity index (χ1n) is 10.2. The molecule has 0 saturated carbocycles. The zero-order valence-electron chi connectivity index (χ0n) is 16.9. The minimum Gasteiger partial charge on any atom is -0.368 e. The number of benzene rings is 3. The molecular formula is C24H22ClN5O. The Kier molecular flexibility index (Phi) is 5.00. The molecule has 0 aliphatic carbocycles. The van der Waals surface area contributed by atoms with Crippen LogP contribution in [0.2, 0.25) is 5.02 Å². The van der Waals surface area contributed by atoms with E-state index in [1.165, 1.54) is 4.57 Å². The number of imidazole rings is 1. The lowest BCUT2D eigenvalue weighted by Gasteiger charge is -2.37. The Balaban J connectivity index is 1.35. The van der Waals surface area contributed by atoms with Gasteiger partial charge in [-0.3, -0.25) is 0 Å². The summed E-state index contributed by atoms with van der Waals surface area (Å²) < 4.78 is 1.47. The lowest BCUT2D eigenvalue weighted by Crippen LogP contribution is -2.46. The highest BCUT2D eigenvalue weighted by atomic mass is 35.5. The van der Waals surface area contributed by atoms with Gasteiger partial charge in [0.25, 0.3) is 0 Å². The second-order valence-electron chi connectivity index (χ2n) is 7.60. The normalized spacial score (nSPS) is 14.2.